The molecule has 1 fully saturated rings. The van der Waals surface area contributed by atoms with Crippen LogP contribution in [0.15, 0.2) is 54.0 Å². The van der Waals surface area contributed by atoms with Crippen molar-refractivity contribution in [2.45, 2.75) is 85.0 Å². The lowest BCUT2D eigenvalue weighted by molar-refractivity contribution is -0.144. The fourth-order valence-electron chi connectivity index (χ4n) is 5.62. The Kier molecular flexibility index (Phi) is 14.1. The van der Waals surface area contributed by atoms with Gasteiger partial charge in [-0.2, -0.15) is 0 Å². The molecule has 0 saturated carbocycles. The van der Waals surface area contributed by atoms with E-state index in [0.717, 1.165) is 27.3 Å². The molecule has 10 nitrogen and oxygen atoms in total. The molecule has 2 aromatic carbocycles. The summed E-state index contributed by atoms with van der Waals surface area (Å²) in [7, 11) is 0. The van der Waals surface area contributed by atoms with Crippen molar-refractivity contribution in [1.82, 2.24) is 20.5 Å². The highest BCUT2D eigenvalue weighted by Crippen LogP contribution is 2.28. The van der Waals surface area contributed by atoms with Crippen molar-refractivity contribution >= 4 is 29.1 Å². The topological polar surface area (TPSA) is 130 Å². The number of carbonyl (C=O) groups excluding carboxylic acids is 3. The van der Waals surface area contributed by atoms with Crippen LogP contribution in [0.4, 0.5) is 0 Å². The SMILES string of the molecule is Cc1ncsc1-c1ccc(CNC(=O)[C@@H]2C[C@@H](O)CN2C(=O)[C@@H](NC(=O)COCCCOCC#Cc2ccc(C(C)C)cc2)C(C)(C)C)cc1. The molecule has 0 bridgehead atoms. The number of aromatic nitrogens is 1. The second kappa shape index (κ2) is 18.2. The number of hydrogen-bond donors (Lipinski definition) is 3. The van der Waals surface area contributed by atoms with Gasteiger partial charge in [0.25, 0.3) is 0 Å². The van der Waals surface area contributed by atoms with Gasteiger partial charge in [0.05, 0.1) is 28.8 Å². The third-order valence-corrected chi connectivity index (χ3v) is 9.48. The molecule has 1 aliphatic rings. The lowest BCUT2D eigenvalue weighted by Crippen LogP contribution is -2.58. The van der Waals surface area contributed by atoms with Gasteiger partial charge < -0.3 is 30.1 Å². The number of aryl methyl sites for hydroxylation is 1. The van der Waals surface area contributed by atoms with Crippen LogP contribution in [0.25, 0.3) is 10.4 Å². The van der Waals surface area contributed by atoms with Crippen LogP contribution in [0.2, 0.25) is 0 Å². The van der Waals surface area contributed by atoms with Gasteiger partial charge in [-0.05, 0) is 53.5 Å². The average molecular weight is 703 g/mol. The predicted molar refractivity (Wildman–Crippen MR) is 195 cm³/mol. The number of carbonyl (C=O) groups is 3. The number of thiazole rings is 1. The van der Waals surface area contributed by atoms with Crippen LogP contribution >= 0.6 is 11.3 Å². The maximum absolute atomic E-state index is 13.8. The predicted octanol–water partition coefficient (Wildman–Crippen LogP) is 4.83. The Balaban J connectivity index is 1.20. The third-order valence-electron chi connectivity index (χ3n) is 8.51. The van der Waals surface area contributed by atoms with E-state index in [9.17, 15) is 19.5 Å². The second-order valence-electron chi connectivity index (χ2n) is 14.0. The zero-order chi connectivity index (χ0) is 36.3. The summed E-state index contributed by atoms with van der Waals surface area (Å²) in [5.74, 6) is 5.37. The van der Waals surface area contributed by atoms with Gasteiger partial charge in [0.2, 0.25) is 17.7 Å². The molecule has 3 amide bonds. The highest BCUT2D eigenvalue weighted by Gasteiger charge is 2.44. The molecule has 11 heteroatoms. The van der Waals surface area contributed by atoms with Crippen LogP contribution in [0.5, 0.6) is 0 Å². The number of benzene rings is 2. The first-order chi connectivity index (χ1) is 23.8. The zero-order valence-electron chi connectivity index (χ0n) is 30.0. The Labute approximate surface area is 300 Å². The monoisotopic (exact) mass is 702 g/mol. The van der Waals surface area contributed by atoms with Gasteiger partial charge in [0.15, 0.2) is 0 Å². The second-order valence-corrected chi connectivity index (χ2v) is 14.8. The van der Waals surface area contributed by atoms with Gasteiger partial charge in [0.1, 0.15) is 25.3 Å². The van der Waals surface area contributed by atoms with Crippen molar-refractivity contribution in [3.8, 4) is 22.3 Å². The summed E-state index contributed by atoms with van der Waals surface area (Å²) in [6.07, 6.45) is -0.146. The maximum atomic E-state index is 13.8. The van der Waals surface area contributed by atoms with Gasteiger partial charge in [-0.15, -0.1) is 11.3 Å². The van der Waals surface area contributed by atoms with Crippen LogP contribution in [0.1, 0.15) is 75.8 Å². The van der Waals surface area contributed by atoms with E-state index in [1.54, 1.807) is 11.3 Å². The van der Waals surface area contributed by atoms with E-state index in [0.29, 0.717) is 32.2 Å². The number of nitrogens with one attached hydrogen (secondary N) is 2. The Hall–Kier alpha value is -4.08. The first-order valence-corrected chi connectivity index (χ1v) is 18.0. The number of amides is 3. The summed E-state index contributed by atoms with van der Waals surface area (Å²) in [6.45, 7) is 12.9. The van der Waals surface area contributed by atoms with Crippen molar-refractivity contribution < 1.29 is 29.0 Å². The molecule has 0 aliphatic carbocycles. The van der Waals surface area contributed by atoms with Crippen molar-refractivity contribution in [2.75, 3.05) is 33.0 Å². The fraction of sp³-hybridized carbons (Fsp3) is 0.487. The number of ether oxygens (including phenoxy) is 2. The van der Waals surface area contributed by atoms with E-state index in [1.807, 2.05) is 69.6 Å². The summed E-state index contributed by atoms with van der Waals surface area (Å²) in [6, 6.07) is 14.3. The molecule has 3 atom stereocenters. The smallest absolute Gasteiger partial charge is 0.246 e. The number of β-amino-alcohol motifs (C(OH)–C–C–N with tert-alkyl or cyclic N) is 1. The molecule has 3 aromatic rings. The van der Waals surface area contributed by atoms with Crippen molar-refractivity contribution in [2.24, 2.45) is 5.41 Å². The quantitative estimate of drug-likeness (QED) is 0.162. The molecular weight excluding hydrogens is 653 g/mol. The minimum Gasteiger partial charge on any atom is -0.391 e. The van der Waals surface area contributed by atoms with Gasteiger partial charge in [0, 0.05) is 31.7 Å². The minimum atomic E-state index is -0.926. The number of rotatable bonds is 14. The first-order valence-electron chi connectivity index (χ1n) is 17.1. The van der Waals surface area contributed by atoms with Crippen LogP contribution in [0.3, 0.4) is 0 Å². The van der Waals surface area contributed by atoms with Crippen LogP contribution in [-0.4, -0.2) is 83.9 Å². The molecule has 4 rings (SSSR count). The number of aliphatic hydroxyl groups is 1. The summed E-state index contributed by atoms with van der Waals surface area (Å²) in [4.78, 5) is 46.8. The van der Waals surface area contributed by atoms with E-state index in [1.165, 1.54) is 10.5 Å². The standard InChI is InChI=1S/C39H50N4O6S/c1-26(2)30-14-10-28(11-15-30)9-7-18-48-19-8-20-49-24-34(45)42-36(39(4,5)6)38(47)43-23-32(44)21-33(43)37(46)40-22-29-12-16-31(17-13-29)35-27(3)41-25-50-35/h10-17,25-26,32-33,36,44H,8,18-24H2,1-6H3,(H,40,46)(H,42,45)/t32-,33+,36-/m1/s1. The van der Waals surface area contributed by atoms with Crippen LogP contribution < -0.4 is 10.6 Å². The number of aliphatic hydroxyl groups excluding tert-OH is 1. The average Bonchev–Trinajstić information content (AvgIpc) is 3.70. The molecule has 1 aliphatic heterocycles. The summed E-state index contributed by atoms with van der Waals surface area (Å²) in [5, 5.41) is 16.2. The number of hydrogen-bond acceptors (Lipinski definition) is 8. The highest BCUT2D eigenvalue weighted by molar-refractivity contribution is 7.13. The highest BCUT2D eigenvalue weighted by atomic mass is 32.1. The van der Waals surface area contributed by atoms with Crippen molar-refractivity contribution in [3.63, 3.8) is 0 Å². The Morgan fingerprint density at radius 2 is 1.76 bits per heavy atom. The molecule has 1 aromatic heterocycles. The normalized spacial score (nSPS) is 16.5. The summed E-state index contributed by atoms with van der Waals surface area (Å²) in [5.41, 5.74) is 6.31. The molecule has 0 spiro atoms. The minimum absolute atomic E-state index is 0.00750. The van der Waals surface area contributed by atoms with Crippen molar-refractivity contribution in [1.29, 1.82) is 0 Å². The summed E-state index contributed by atoms with van der Waals surface area (Å²) >= 11 is 1.58. The van der Waals surface area contributed by atoms with Gasteiger partial charge in [-0.1, -0.05) is 82.9 Å². The number of likely N-dealkylation sites (tertiary alicyclic amines) is 1. The zero-order valence-corrected chi connectivity index (χ0v) is 30.8. The lowest BCUT2D eigenvalue weighted by Gasteiger charge is -2.35. The third kappa shape index (κ3) is 11.2. The Bertz CT molecular complexity index is 1640. The molecule has 50 heavy (non-hydrogen) atoms. The molecule has 0 radical (unpaired) electrons. The Morgan fingerprint density at radius 3 is 2.40 bits per heavy atom. The molecule has 268 valence electrons. The summed E-state index contributed by atoms with van der Waals surface area (Å²) < 4.78 is 11.1. The molecule has 1 saturated heterocycles. The molecule has 2 heterocycles. The molecular formula is C39H50N4O6S. The fourth-order valence-corrected chi connectivity index (χ4v) is 6.44. The molecule has 3 N–H and O–H groups in total. The lowest BCUT2D eigenvalue weighted by atomic mass is 9.85. The molecule has 0 unspecified atom stereocenters. The van der Waals surface area contributed by atoms with Gasteiger partial charge in [-0.25, -0.2) is 4.98 Å². The Morgan fingerprint density at radius 1 is 1.06 bits per heavy atom. The van der Waals surface area contributed by atoms with E-state index in [4.69, 9.17) is 9.47 Å². The largest absolute Gasteiger partial charge is 0.391 e. The van der Waals surface area contributed by atoms with E-state index < -0.39 is 35.4 Å². The van der Waals surface area contributed by atoms with E-state index in [2.05, 4.69) is 53.4 Å². The maximum Gasteiger partial charge on any atom is 0.246 e. The van der Waals surface area contributed by atoms with Gasteiger partial charge >= 0.3 is 0 Å². The van der Waals surface area contributed by atoms with E-state index >= 15 is 0 Å². The van der Waals surface area contributed by atoms with Gasteiger partial charge in [-0.3, -0.25) is 14.4 Å². The van der Waals surface area contributed by atoms with Crippen LogP contribution in [-0.2, 0) is 30.4 Å². The van der Waals surface area contributed by atoms with Crippen LogP contribution in [0, 0.1) is 24.2 Å². The number of nitrogens with zero attached hydrogens (tertiary/aromatic N) is 2. The first kappa shape index (κ1) is 38.7. The van der Waals surface area contributed by atoms with E-state index in [-0.39, 0.29) is 32.0 Å². The van der Waals surface area contributed by atoms with Crippen molar-refractivity contribution in [3.05, 3.63) is 76.4 Å².